The van der Waals surface area contributed by atoms with Gasteiger partial charge in [-0.05, 0) is 43.4 Å². The first kappa shape index (κ1) is 9.61. The van der Waals surface area contributed by atoms with E-state index >= 15 is 0 Å². The summed E-state index contributed by atoms with van der Waals surface area (Å²) in [7, 11) is 1.29. The predicted molar refractivity (Wildman–Crippen MR) is 52.9 cm³/mol. The standard InChI is InChI=1S/C12H17FO2/c1-15-11(14)12(13)6-7-5-10(12)9-4-2-3-8(7)9/h7-10H,2-6H2,1H3. The minimum atomic E-state index is -1.65. The smallest absolute Gasteiger partial charge is 0.343 e. The fourth-order valence-corrected chi connectivity index (χ4v) is 4.48. The van der Waals surface area contributed by atoms with Gasteiger partial charge in [0.25, 0.3) is 0 Å². The number of esters is 1. The number of methoxy groups -OCH3 is 1. The lowest BCUT2D eigenvalue weighted by Gasteiger charge is -2.34. The number of rotatable bonds is 1. The van der Waals surface area contributed by atoms with Gasteiger partial charge in [0.1, 0.15) is 0 Å². The summed E-state index contributed by atoms with van der Waals surface area (Å²) in [6.07, 6.45) is 4.93. The maximum atomic E-state index is 14.6. The van der Waals surface area contributed by atoms with Crippen molar-refractivity contribution in [2.45, 2.75) is 37.8 Å². The lowest BCUT2D eigenvalue weighted by molar-refractivity contribution is -0.161. The van der Waals surface area contributed by atoms with Crippen LogP contribution >= 0.6 is 0 Å². The van der Waals surface area contributed by atoms with Crippen molar-refractivity contribution >= 4 is 5.97 Å². The Balaban J connectivity index is 1.89. The first-order valence-electron chi connectivity index (χ1n) is 5.94. The first-order valence-corrected chi connectivity index (χ1v) is 5.94. The molecule has 0 aliphatic heterocycles. The van der Waals surface area contributed by atoms with Gasteiger partial charge < -0.3 is 4.74 Å². The molecule has 5 unspecified atom stereocenters. The molecule has 3 aliphatic carbocycles. The van der Waals surface area contributed by atoms with Gasteiger partial charge in [-0.1, -0.05) is 6.42 Å². The second-order valence-corrected chi connectivity index (χ2v) is 5.42. The van der Waals surface area contributed by atoms with Crippen molar-refractivity contribution in [1.29, 1.82) is 0 Å². The zero-order valence-corrected chi connectivity index (χ0v) is 9.04. The number of hydrogen-bond donors (Lipinski definition) is 0. The predicted octanol–water partition coefficient (Wildman–Crippen LogP) is 2.32. The Morgan fingerprint density at radius 2 is 2.13 bits per heavy atom. The highest BCUT2D eigenvalue weighted by Gasteiger charge is 2.65. The van der Waals surface area contributed by atoms with Gasteiger partial charge in [-0.3, -0.25) is 0 Å². The largest absolute Gasteiger partial charge is 0.467 e. The molecule has 0 N–H and O–H groups in total. The summed E-state index contributed by atoms with van der Waals surface area (Å²) in [5, 5.41) is 0. The molecule has 0 aromatic rings. The maximum Gasteiger partial charge on any atom is 0.343 e. The number of ether oxygens (including phenoxy) is 1. The summed E-state index contributed by atoms with van der Waals surface area (Å²) in [6.45, 7) is 0. The van der Waals surface area contributed by atoms with Crippen LogP contribution in [0.25, 0.3) is 0 Å². The number of alkyl halides is 1. The molecular formula is C12H17FO2. The number of fused-ring (bicyclic) bond motifs is 5. The highest BCUT2D eigenvalue weighted by molar-refractivity contribution is 5.80. The molecule has 2 nitrogen and oxygen atoms in total. The van der Waals surface area contributed by atoms with Crippen molar-refractivity contribution in [2.75, 3.05) is 7.11 Å². The molecule has 0 amide bonds. The molecule has 0 saturated heterocycles. The summed E-state index contributed by atoms with van der Waals surface area (Å²) < 4.78 is 19.2. The molecule has 84 valence electrons. The van der Waals surface area contributed by atoms with E-state index in [1.54, 1.807) is 0 Å². The lowest BCUT2D eigenvalue weighted by atomic mass is 9.74. The minimum Gasteiger partial charge on any atom is -0.467 e. The molecule has 5 atom stereocenters. The Kier molecular flexibility index (Phi) is 1.89. The van der Waals surface area contributed by atoms with E-state index in [-0.39, 0.29) is 5.92 Å². The van der Waals surface area contributed by atoms with Crippen LogP contribution in [0.3, 0.4) is 0 Å². The molecule has 0 spiro atoms. The monoisotopic (exact) mass is 212 g/mol. The summed E-state index contributed by atoms with van der Waals surface area (Å²) in [5.41, 5.74) is -1.65. The van der Waals surface area contributed by atoms with Gasteiger partial charge >= 0.3 is 5.97 Å². The Bertz CT molecular complexity index is 304. The van der Waals surface area contributed by atoms with Crippen molar-refractivity contribution in [2.24, 2.45) is 23.7 Å². The molecule has 0 radical (unpaired) electrons. The third-order valence-electron chi connectivity index (χ3n) is 4.98. The number of halogens is 1. The second-order valence-electron chi connectivity index (χ2n) is 5.42. The fourth-order valence-electron chi connectivity index (χ4n) is 4.48. The molecule has 3 heteroatoms. The third kappa shape index (κ3) is 1.07. The number of carbonyl (C=O) groups is 1. The molecule has 3 rings (SSSR count). The van der Waals surface area contributed by atoms with Crippen molar-refractivity contribution in [3.8, 4) is 0 Å². The summed E-state index contributed by atoms with van der Waals surface area (Å²) in [5.74, 6) is 0.964. The van der Waals surface area contributed by atoms with Gasteiger partial charge in [0.15, 0.2) is 0 Å². The average Bonchev–Trinajstić information content (AvgIpc) is 2.85. The van der Waals surface area contributed by atoms with Crippen LogP contribution in [0.15, 0.2) is 0 Å². The Morgan fingerprint density at radius 1 is 1.40 bits per heavy atom. The third-order valence-corrected chi connectivity index (χ3v) is 4.98. The summed E-state index contributed by atoms with van der Waals surface area (Å²) in [6, 6.07) is 0. The fraction of sp³-hybridized carbons (Fsp3) is 0.917. The van der Waals surface area contributed by atoms with Crippen LogP contribution in [0.1, 0.15) is 32.1 Å². The molecule has 2 bridgehead atoms. The van der Waals surface area contributed by atoms with E-state index in [1.807, 2.05) is 0 Å². The second kappa shape index (κ2) is 2.96. The molecule has 3 saturated carbocycles. The normalized spacial score (nSPS) is 51.9. The highest BCUT2D eigenvalue weighted by atomic mass is 19.1. The van der Waals surface area contributed by atoms with Crippen molar-refractivity contribution < 1.29 is 13.9 Å². The van der Waals surface area contributed by atoms with Gasteiger partial charge in [-0.15, -0.1) is 0 Å². The Morgan fingerprint density at radius 3 is 2.87 bits per heavy atom. The van der Waals surface area contributed by atoms with Crippen LogP contribution in [-0.2, 0) is 9.53 Å². The number of carbonyl (C=O) groups excluding carboxylic acids is 1. The van der Waals surface area contributed by atoms with Gasteiger partial charge in [0, 0.05) is 5.92 Å². The van der Waals surface area contributed by atoms with E-state index < -0.39 is 11.6 Å². The van der Waals surface area contributed by atoms with E-state index in [4.69, 9.17) is 0 Å². The van der Waals surface area contributed by atoms with Gasteiger partial charge in [-0.25, -0.2) is 9.18 Å². The van der Waals surface area contributed by atoms with Crippen LogP contribution in [0.2, 0.25) is 0 Å². The van der Waals surface area contributed by atoms with Crippen molar-refractivity contribution in [1.82, 2.24) is 0 Å². The number of hydrogen-bond acceptors (Lipinski definition) is 2. The quantitative estimate of drug-likeness (QED) is 0.623. The summed E-state index contributed by atoms with van der Waals surface area (Å²) in [4.78, 5) is 11.5. The zero-order chi connectivity index (χ0) is 10.6. The Labute approximate surface area is 89.2 Å². The van der Waals surface area contributed by atoms with E-state index in [0.717, 1.165) is 12.8 Å². The zero-order valence-electron chi connectivity index (χ0n) is 9.04. The molecule has 0 heterocycles. The van der Waals surface area contributed by atoms with E-state index in [9.17, 15) is 9.18 Å². The van der Waals surface area contributed by atoms with E-state index in [2.05, 4.69) is 4.74 Å². The molecule has 0 aromatic carbocycles. The molecular weight excluding hydrogens is 195 g/mol. The van der Waals surface area contributed by atoms with Crippen LogP contribution in [0, 0.1) is 23.7 Å². The first-order chi connectivity index (χ1) is 7.16. The summed E-state index contributed by atoms with van der Waals surface area (Å²) >= 11 is 0. The van der Waals surface area contributed by atoms with Crippen LogP contribution in [0.5, 0.6) is 0 Å². The lowest BCUT2D eigenvalue weighted by Crippen LogP contribution is -2.45. The molecule has 0 aromatic heterocycles. The van der Waals surface area contributed by atoms with Gasteiger partial charge in [0.2, 0.25) is 5.67 Å². The average molecular weight is 212 g/mol. The van der Waals surface area contributed by atoms with Crippen LogP contribution in [0.4, 0.5) is 4.39 Å². The van der Waals surface area contributed by atoms with E-state index in [1.165, 1.54) is 20.0 Å². The van der Waals surface area contributed by atoms with Gasteiger partial charge in [-0.2, -0.15) is 0 Å². The van der Waals surface area contributed by atoms with Crippen molar-refractivity contribution in [3.05, 3.63) is 0 Å². The topological polar surface area (TPSA) is 26.3 Å². The SMILES string of the molecule is COC(=O)C1(F)CC2CC1C1CCCC21. The maximum absolute atomic E-state index is 14.6. The Hall–Kier alpha value is -0.600. The van der Waals surface area contributed by atoms with Crippen molar-refractivity contribution in [3.63, 3.8) is 0 Å². The minimum absolute atomic E-state index is 0.0394. The van der Waals surface area contributed by atoms with Gasteiger partial charge in [0.05, 0.1) is 7.11 Å². The molecule has 3 fully saturated rings. The highest BCUT2D eigenvalue weighted by Crippen LogP contribution is 2.63. The van der Waals surface area contributed by atoms with E-state index in [0.29, 0.717) is 24.2 Å². The van der Waals surface area contributed by atoms with Crippen LogP contribution < -0.4 is 0 Å². The molecule has 3 aliphatic rings. The van der Waals surface area contributed by atoms with Crippen LogP contribution in [-0.4, -0.2) is 18.7 Å². The molecule has 15 heavy (non-hydrogen) atoms.